The van der Waals surface area contributed by atoms with Crippen LogP contribution >= 0.6 is 0 Å². The summed E-state index contributed by atoms with van der Waals surface area (Å²) in [6.45, 7) is 6.30. The van der Waals surface area contributed by atoms with Crippen LogP contribution in [0.1, 0.15) is 20.3 Å². The van der Waals surface area contributed by atoms with E-state index in [2.05, 4.69) is 11.9 Å². The summed E-state index contributed by atoms with van der Waals surface area (Å²) in [6, 6.07) is 0. The Bertz CT molecular complexity index is 75.7. The molecule has 0 unspecified atom stereocenters. The van der Waals surface area contributed by atoms with Crippen LogP contribution in [0, 0.1) is 0 Å². The van der Waals surface area contributed by atoms with Crippen molar-refractivity contribution in [2.45, 2.75) is 26.4 Å². The van der Waals surface area contributed by atoms with Crippen molar-refractivity contribution in [3.63, 3.8) is 0 Å². The largest absolute Gasteiger partial charge is 0.380 e. The summed E-state index contributed by atoms with van der Waals surface area (Å²) in [7, 11) is 3.91. The summed E-state index contributed by atoms with van der Waals surface area (Å²) in [5.41, 5.74) is 0. The highest BCUT2D eigenvalue weighted by Gasteiger charge is 2.17. The average molecular weight is 145 g/mol. The summed E-state index contributed by atoms with van der Waals surface area (Å²) in [6.07, 6.45) is 1.70. The molecule has 62 valence electrons. The third kappa shape index (κ3) is 3.18. The maximum atomic E-state index is 5.14. The molecule has 2 heteroatoms. The van der Waals surface area contributed by atoms with Gasteiger partial charge in [0.15, 0.2) is 0 Å². The van der Waals surface area contributed by atoms with E-state index >= 15 is 0 Å². The Balaban J connectivity index is 0.000000371. The Labute approximate surface area is 64.2 Å². The maximum absolute atomic E-state index is 5.14. The van der Waals surface area contributed by atoms with Gasteiger partial charge < -0.3 is 9.64 Å². The summed E-state index contributed by atoms with van der Waals surface area (Å²) in [5.74, 6) is 0. The molecule has 1 rings (SSSR count). The lowest BCUT2D eigenvalue weighted by atomic mass is 10.3. The first-order chi connectivity index (χ1) is 4.83. The van der Waals surface area contributed by atoms with E-state index in [9.17, 15) is 0 Å². The standard InChI is InChI=1S/C6H13NO.C2H6/c1-7-4-3-6(5-7)8-2;1-2/h6H,3-5H2,1-2H3;1-2H3/t6-;/m1./s1. The minimum absolute atomic E-state index is 0.500. The zero-order valence-electron chi connectivity index (χ0n) is 7.55. The van der Waals surface area contributed by atoms with E-state index in [0.29, 0.717) is 6.10 Å². The molecule has 0 spiro atoms. The van der Waals surface area contributed by atoms with Gasteiger partial charge in [-0.2, -0.15) is 0 Å². The molecule has 0 aromatic carbocycles. The fourth-order valence-electron chi connectivity index (χ4n) is 1.09. The molecule has 1 fully saturated rings. The molecular formula is C8H19NO. The molecule has 10 heavy (non-hydrogen) atoms. The maximum Gasteiger partial charge on any atom is 0.0710 e. The zero-order chi connectivity index (χ0) is 7.98. The second kappa shape index (κ2) is 5.69. The highest BCUT2D eigenvalue weighted by atomic mass is 16.5. The lowest BCUT2D eigenvalue weighted by molar-refractivity contribution is 0.111. The monoisotopic (exact) mass is 145 g/mol. The SMILES string of the molecule is CC.CO[C@@H]1CCN(C)C1. The van der Waals surface area contributed by atoms with Crippen LogP contribution < -0.4 is 0 Å². The first kappa shape index (κ1) is 9.92. The molecule has 1 atom stereocenters. The Hall–Kier alpha value is -0.0800. The summed E-state index contributed by atoms with van der Waals surface area (Å²) < 4.78 is 5.14. The number of likely N-dealkylation sites (tertiary alicyclic amines) is 1. The summed E-state index contributed by atoms with van der Waals surface area (Å²) in [5, 5.41) is 0. The fraction of sp³-hybridized carbons (Fsp3) is 1.00. The van der Waals surface area contributed by atoms with Gasteiger partial charge in [0.1, 0.15) is 0 Å². The second-order valence-corrected chi connectivity index (χ2v) is 2.41. The molecule has 0 N–H and O–H groups in total. The van der Waals surface area contributed by atoms with Crippen LogP contribution in [0.25, 0.3) is 0 Å². The van der Waals surface area contributed by atoms with Crippen LogP contribution in [0.5, 0.6) is 0 Å². The van der Waals surface area contributed by atoms with Gasteiger partial charge in [-0.25, -0.2) is 0 Å². The van der Waals surface area contributed by atoms with E-state index < -0.39 is 0 Å². The number of hydrogen-bond acceptors (Lipinski definition) is 2. The molecule has 1 heterocycles. The van der Waals surface area contributed by atoms with E-state index in [-0.39, 0.29) is 0 Å². The van der Waals surface area contributed by atoms with E-state index in [4.69, 9.17) is 4.74 Å². The number of rotatable bonds is 1. The number of hydrogen-bond donors (Lipinski definition) is 0. The van der Waals surface area contributed by atoms with Crippen LogP contribution in [0.15, 0.2) is 0 Å². The van der Waals surface area contributed by atoms with E-state index in [0.717, 1.165) is 6.54 Å². The number of ether oxygens (including phenoxy) is 1. The highest BCUT2D eigenvalue weighted by molar-refractivity contribution is 4.71. The van der Waals surface area contributed by atoms with Gasteiger partial charge in [-0.3, -0.25) is 0 Å². The van der Waals surface area contributed by atoms with Gasteiger partial charge in [-0.1, -0.05) is 13.8 Å². The van der Waals surface area contributed by atoms with E-state index in [1.165, 1.54) is 13.0 Å². The smallest absolute Gasteiger partial charge is 0.0710 e. The van der Waals surface area contributed by atoms with E-state index in [1.54, 1.807) is 7.11 Å². The van der Waals surface area contributed by atoms with Crippen LogP contribution in [-0.2, 0) is 4.74 Å². The molecule has 0 radical (unpaired) electrons. The van der Waals surface area contributed by atoms with Crippen molar-refractivity contribution in [2.75, 3.05) is 27.2 Å². The summed E-state index contributed by atoms with van der Waals surface area (Å²) >= 11 is 0. The minimum Gasteiger partial charge on any atom is -0.380 e. The Kier molecular flexibility index (Phi) is 5.64. The second-order valence-electron chi connectivity index (χ2n) is 2.41. The molecule has 2 nitrogen and oxygen atoms in total. The molecule has 0 aliphatic carbocycles. The van der Waals surface area contributed by atoms with Gasteiger partial charge >= 0.3 is 0 Å². The summed E-state index contributed by atoms with van der Waals surface area (Å²) in [4.78, 5) is 2.29. The lowest BCUT2D eigenvalue weighted by Crippen LogP contribution is -2.17. The van der Waals surface area contributed by atoms with Crippen molar-refractivity contribution in [3.05, 3.63) is 0 Å². The van der Waals surface area contributed by atoms with Gasteiger partial charge in [-0.05, 0) is 13.5 Å². The molecule has 0 saturated carbocycles. The molecule has 0 bridgehead atoms. The number of methoxy groups -OCH3 is 1. The minimum atomic E-state index is 0.500. The van der Waals surface area contributed by atoms with Crippen LogP contribution in [0.2, 0.25) is 0 Å². The normalized spacial score (nSPS) is 25.8. The van der Waals surface area contributed by atoms with Gasteiger partial charge in [0.25, 0.3) is 0 Å². The van der Waals surface area contributed by atoms with Gasteiger partial charge in [0.2, 0.25) is 0 Å². The Morgan fingerprint density at radius 2 is 2.00 bits per heavy atom. The van der Waals surface area contributed by atoms with Gasteiger partial charge in [-0.15, -0.1) is 0 Å². The molecule has 1 aliphatic rings. The number of likely N-dealkylation sites (N-methyl/N-ethyl adjacent to an activating group) is 1. The van der Waals surface area contributed by atoms with Gasteiger partial charge in [0.05, 0.1) is 6.10 Å². The quantitative estimate of drug-likeness (QED) is 0.552. The number of nitrogens with zero attached hydrogens (tertiary/aromatic N) is 1. The first-order valence-corrected chi connectivity index (χ1v) is 4.04. The predicted molar refractivity (Wildman–Crippen MR) is 44.3 cm³/mol. The van der Waals surface area contributed by atoms with Crippen LogP contribution in [0.4, 0.5) is 0 Å². The first-order valence-electron chi connectivity index (χ1n) is 4.04. The van der Waals surface area contributed by atoms with Crippen molar-refractivity contribution in [2.24, 2.45) is 0 Å². The molecule has 0 amide bonds. The van der Waals surface area contributed by atoms with Crippen molar-refractivity contribution < 1.29 is 4.74 Å². The molecule has 0 aromatic heterocycles. The predicted octanol–water partition coefficient (Wildman–Crippen LogP) is 1.36. The third-order valence-corrected chi connectivity index (χ3v) is 1.68. The van der Waals surface area contributed by atoms with Crippen molar-refractivity contribution in [3.8, 4) is 0 Å². The Morgan fingerprint density at radius 1 is 1.40 bits per heavy atom. The molecule has 0 aromatic rings. The fourth-order valence-corrected chi connectivity index (χ4v) is 1.09. The van der Waals surface area contributed by atoms with E-state index in [1.807, 2.05) is 13.8 Å². The zero-order valence-corrected chi connectivity index (χ0v) is 7.55. The van der Waals surface area contributed by atoms with Gasteiger partial charge in [0, 0.05) is 20.2 Å². The van der Waals surface area contributed by atoms with Crippen molar-refractivity contribution in [1.29, 1.82) is 0 Å². The molecule has 1 saturated heterocycles. The lowest BCUT2D eigenvalue weighted by Gasteiger charge is -2.06. The van der Waals surface area contributed by atoms with Crippen LogP contribution in [-0.4, -0.2) is 38.3 Å². The Morgan fingerprint density at radius 3 is 2.20 bits per heavy atom. The molecular weight excluding hydrogens is 126 g/mol. The van der Waals surface area contributed by atoms with Crippen molar-refractivity contribution >= 4 is 0 Å². The average Bonchev–Trinajstić information content (AvgIpc) is 2.40. The third-order valence-electron chi connectivity index (χ3n) is 1.68. The topological polar surface area (TPSA) is 12.5 Å². The highest BCUT2D eigenvalue weighted by Crippen LogP contribution is 2.07. The van der Waals surface area contributed by atoms with Crippen molar-refractivity contribution in [1.82, 2.24) is 4.90 Å². The van der Waals surface area contributed by atoms with Crippen LogP contribution in [0.3, 0.4) is 0 Å². The molecule has 1 aliphatic heterocycles.